The number of amides is 2. The molecule has 0 radical (unpaired) electrons. The molecule has 0 bridgehead atoms. The molecule has 0 aliphatic heterocycles. The molecular weight excluding hydrogens is 438 g/mol. The van der Waals surface area contributed by atoms with Crippen LogP contribution in [-0.4, -0.2) is 50.0 Å². The quantitative estimate of drug-likeness (QED) is 0.608. The summed E-state index contributed by atoms with van der Waals surface area (Å²) in [4.78, 5) is 28.0. The summed E-state index contributed by atoms with van der Waals surface area (Å²) < 4.78 is 26.1. The van der Waals surface area contributed by atoms with Gasteiger partial charge in [-0.1, -0.05) is 60.9 Å². The second-order valence-electron chi connectivity index (χ2n) is 8.78. The summed E-state index contributed by atoms with van der Waals surface area (Å²) in [5.41, 5.74) is 2.34. The van der Waals surface area contributed by atoms with Gasteiger partial charge in [-0.25, -0.2) is 8.42 Å². The molecule has 2 amide bonds. The molecule has 1 saturated carbocycles. The zero-order chi connectivity index (χ0) is 24.0. The van der Waals surface area contributed by atoms with Crippen LogP contribution >= 0.6 is 0 Å². The number of rotatable bonds is 9. The molecule has 0 heterocycles. The van der Waals surface area contributed by atoms with Crippen LogP contribution in [0.3, 0.4) is 0 Å². The summed E-state index contributed by atoms with van der Waals surface area (Å²) in [5.74, 6) is -0.645. The Bertz CT molecular complexity index is 1070. The summed E-state index contributed by atoms with van der Waals surface area (Å²) in [6.07, 6.45) is 5.14. The van der Waals surface area contributed by atoms with E-state index in [0.717, 1.165) is 47.4 Å². The maximum absolute atomic E-state index is 13.5. The number of anilines is 1. The topological polar surface area (TPSA) is 86.8 Å². The Kier molecular flexibility index (Phi) is 8.13. The van der Waals surface area contributed by atoms with E-state index >= 15 is 0 Å². The highest BCUT2D eigenvalue weighted by molar-refractivity contribution is 7.92. The summed E-state index contributed by atoms with van der Waals surface area (Å²) >= 11 is 0. The molecule has 1 N–H and O–H groups in total. The number of hydrogen-bond acceptors (Lipinski definition) is 4. The molecule has 0 saturated heterocycles. The van der Waals surface area contributed by atoms with Gasteiger partial charge in [-0.3, -0.25) is 13.9 Å². The van der Waals surface area contributed by atoms with E-state index in [-0.39, 0.29) is 25.0 Å². The Balaban J connectivity index is 1.86. The highest BCUT2D eigenvalue weighted by Crippen LogP contribution is 2.20. The summed E-state index contributed by atoms with van der Waals surface area (Å²) in [6, 6.07) is 15.7. The Morgan fingerprint density at radius 3 is 2.33 bits per heavy atom. The van der Waals surface area contributed by atoms with Gasteiger partial charge in [-0.05, 0) is 44.4 Å². The second-order valence-corrected chi connectivity index (χ2v) is 10.7. The van der Waals surface area contributed by atoms with E-state index in [1.165, 1.54) is 4.90 Å². The van der Waals surface area contributed by atoms with Gasteiger partial charge in [-0.2, -0.15) is 0 Å². The fourth-order valence-corrected chi connectivity index (χ4v) is 5.04. The number of para-hydroxylation sites is 1. The predicted octanol–water partition coefficient (Wildman–Crippen LogP) is 3.24. The maximum Gasteiger partial charge on any atom is 0.244 e. The second kappa shape index (κ2) is 10.8. The van der Waals surface area contributed by atoms with Gasteiger partial charge < -0.3 is 10.2 Å². The Morgan fingerprint density at radius 2 is 1.73 bits per heavy atom. The summed E-state index contributed by atoms with van der Waals surface area (Å²) in [5, 5.41) is 3.06. The molecule has 0 unspecified atom stereocenters. The van der Waals surface area contributed by atoms with E-state index in [9.17, 15) is 18.0 Å². The number of carbonyl (C=O) groups excluding carboxylic acids is 2. The first kappa shape index (κ1) is 24.8. The van der Waals surface area contributed by atoms with Crippen molar-refractivity contribution in [2.75, 3.05) is 17.1 Å². The molecular formula is C25H33N3O4S. The van der Waals surface area contributed by atoms with Crippen molar-refractivity contribution in [2.45, 2.75) is 58.2 Å². The lowest BCUT2D eigenvalue weighted by atomic mass is 10.1. The lowest BCUT2D eigenvalue weighted by molar-refractivity contribution is -0.139. The number of benzene rings is 2. The third kappa shape index (κ3) is 6.81. The van der Waals surface area contributed by atoms with Crippen LogP contribution in [0.5, 0.6) is 0 Å². The molecule has 1 fully saturated rings. The fraction of sp³-hybridized carbons (Fsp3) is 0.440. The van der Waals surface area contributed by atoms with Crippen molar-refractivity contribution in [3.8, 4) is 0 Å². The van der Waals surface area contributed by atoms with Gasteiger partial charge >= 0.3 is 0 Å². The van der Waals surface area contributed by atoms with Gasteiger partial charge in [0, 0.05) is 12.6 Å². The Hall–Kier alpha value is -2.87. The Morgan fingerprint density at radius 1 is 1.06 bits per heavy atom. The van der Waals surface area contributed by atoms with Gasteiger partial charge in [0.1, 0.15) is 12.6 Å². The highest BCUT2D eigenvalue weighted by atomic mass is 32.2. The molecule has 33 heavy (non-hydrogen) atoms. The molecule has 0 aromatic heterocycles. The van der Waals surface area contributed by atoms with Crippen LogP contribution in [0.4, 0.5) is 5.69 Å². The molecule has 1 aliphatic carbocycles. The van der Waals surface area contributed by atoms with E-state index in [2.05, 4.69) is 5.32 Å². The lowest BCUT2D eigenvalue weighted by Crippen LogP contribution is -2.52. The van der Waals surface area contributed by atoms with Crippen molar-refractivity contribution in [1.29, 1.82) is 0 Å². The van der Waals surface area contributed by atoms with E-state index in [1.54, 1.807) is 37.3 Å². The third-order valence-corrected chi connectivity index (χ3v) is 7.17. The number of carbonyl (C=O) groups is 2. The van der Waals surface area contributed by atoms with E-state index in [4.69, 9.17) is 0 Å². The van der Waals surface area contributed by atoms with Crippen LogP contribution in [0.2, 0.25) is 0 Å². The van der Waals surface area contributed by atoms with Gasteiger partial charge in [0.25, 0.3) is 0 Å². The molecule has 0 spiro atoms. The predicted molar refractivity (Wildman–Crippen MR) is 130 cm³/mol. The largest absolute Gasteiger partial charge is 0.352 e. The zero-order valence-corrected chi connectivity index (χ0v) is 20.3. The molecule has 7 nitrogen and oxygen atoms in total. The van der Waals surface area contributed by atoms with Crippen molar-refractivity contribution in [3.63, 3.8) is 0 Å². The molecule has 2 aromatic rings. The van der Waals surface area contributed by atoms with Crippen molar-refractivity contribution in [1.82, 2.24) is 10.2 Å². The SMILES string of the molecule is Cc1cccc(CN(C(=O)CN(c2ccccc2)S(C)(=O)=O)[C@H](C)C(=O)NC2CCCC2)c1. The van der Waals surface area contributed by atoms with Crippen LogP contribution in [-0.2, 0) is 26.2 Å². The maximum atomic E-state index is 13.5. The summed E-state index contributed by atoms with van der Waals surface area (Å²) in [7, 11) is -3.71. The van der Waals surface area contributed by atoms with Crippen molar-refractivity contribution in [2.24, 2.45) is 0 Å². The van der Waals surface area contributed by atoms with E-state index < -0.39 is 22.0 Å². The highest BCUT2D eigenvalue weighted by Gasteiger charge is 2.31. The molecule has 3 rings (SSSR count). The van der Waals surface area contributed by atoms with Crippen molar-refractivity contribution < 1.29 is 18.0 Å². The molecule has 1 aliphatic rings. The molecule has 1 atom stereocenters. The first-order chi connectivity index (χ1) is 15.6. The minimum Gasteiger partial charge on any atom is -0.352 e. The smallest absolute Gasteiger partial charge is 0.244 e. The average molecular weight is 472 g/mol. The third-order valence-electron chi connectivity index (χ3n) is 6.03. The first-order valence-electron chi connectivity index (χ1n) is 11.3. The van der Waals surface area contributed by atoms with Crippen molar-refractivity contribution >= 4 is 27.5 Å². The number of nitrogens with one attached hydrogen (secondary N) is 1. The Labute approximate surface area is 196 Å². The molecule has 178 valence electrons. The average Bonchev–Trinajstić information content (AvgIpc) is 3.28. The molecule has 2 aromatic carbocycles. The minimum absolute atomic E-state index is 0.132. The number of nitrogens with zero attached hydrogens (tertiary/aromatic N) is 2. The standard InChI is InChI=1S/C25H33N3O4S/c1-19-10-9-11-21(16-19)17-27(20(2)25(30)26-22-12-7-8-13-22)24(29)18-28(33(3,31)32)23-14-5-4-6-15-23/h4-6,9-11,14-16,20,22H,7-8,12-13,17-18H2,1-3H3,(H,26,30)/t20-/m1/s1. The lowest BCUT2D eigenvalue weighted by Gasteiger charge is -2.32. The zero-order valence-electron chi connectivity index (χ0n) is 19.5. The van der Waals surface area contributed by atoms with Crippen LogP contribution in [0.25, 0.3) is 0 Å². The monoisotopic (exact) mass is 471 g/mol. The van der Waals surface area contributed by atoms with Gasteiger partial charge in [0.2, 0.25) is 21.8 Å². The normalized spacial score (nSPS) is 15.1. The van der Waals surface area contributed by atoms with Crippen LogP contribution in [0, 0.1) is 6.92 Å². The van der Waals surface area contributed by atoms with Crippen molar-refractivity contribution in [3.05, 3.63) is 65.7 Å². The van der Waals surface area contributed by atoms with Gasteiger partial charge in [0.15, 0.2) is 0 Å². The van der Waals surface area contributed by atoms with Crippen LogP contribution < -0.4 is 9.62 Å². The van der Waals surface area contributed by atoms with E-state index in [0.29, 0.717) is 5.69 Å². The summed E-state index contributed by atoms with van der Waals surface area (Å²) in [6.45, 7) is 3.50. The van der Waals surface area contributed by atoms with Gasteiger partial charge in [-0.15, -0.1) is 0 Å². The minimum atomic E-state index is -3.71. The van der Waals surface area contributed by atoms with Crippen LogP contribution in [0.1, 0.15) is 43.7 Å². The number of hydrogen-bond donors (Lipinski definition) is 1. The molecule has 8 heteroatoms. The van der Waals surface area contributed by atoms with Gasteiger partial charge in [0.05, 0.1) is 11.9 Å². The van der Waals surface area contributed by atoms with Crippen LogP contribution in [0.15, 0.2) is 54.6 Å². The number of aryl methyl sites for hydroxylation is 1. The number of sulfonamides is 1. The van der Waals surface area contributed by atoms with E-state index in [1.807, 2.05) is 31.2 Å². The fourth-order valence-electron chi connectivity index (χ4n) is 4.19. The first-order valence-corrected chi connectivity index (χ1v) is 13.2.